The van der Waals surface area contributed by atoms with E-state index in [9.17, 15) is 8.42 Å². The standard InChI is InChI=1S/C3H3ClN2O3S/c4-10(7,8)2-3-1-5-6-9-3/h1H,2H2. The summed E-state index contributed by atoms with van der Waals surface area (Å²) < 4.78 is 25.1. The lowest BCUT2D eigenvalue weighted by Gasteiger charge is -1.85. The minimum absolute atomic E-state index is 0.134. The normalized spacial score (nSPS) is 11.7. The summed E-state index contributed by atoms with van der Waals surface area (Å²) in [6.45, 7) is 0. The predicted molar refractivity (Wildman–Crippen MR) is 32.8 cm³/mol. The van der Waals surface area contributed by atoms with Gasteiger partial charge in [0.05, 0.1) is 6.20 Å². The van der Waals surface area contributed by atoms with E-state index < -0.39 is 9.05 Å². The van der Waals surface area contributed by atoms with Gasteiger partial charge in [0.2, 0.25) is 9.05 Å². The third-order valence-electron chi connectivity index (χ3n) is 0.722. The van der Waals surface area contributed by atoms with Crippen LogP contribution in [0.5, 0.6) is 0 Å². The minimum atomic E-state index is -3.55. The summed E-state index contributed by atoms with van der Waals surface area (Å²) in [5, 5.41) is 6.32. The van der Waals surface area contributed by atoms with E-state index in [-0.39, 0.29) is 11.5 Å². The third kappa shape index (κ3) is 2.32. The van der Waals surface area contributed by atoms with Crippen LogP contribution in [0.3, 0.4) is 0 Å². The van der Waals surface area contributed by atoms with Crippen molar-refractivity contribution in [2.75, 3.05) is 0 Å². The molecule has 0 bridgehead atoms. The van der Waals surface area contributed by atoms with Gasteiger partial charge in [-0.2, -0.15) is 0 Å². The Morgan fingerprint density at radius 2 is 2.40 bits per heavy atom. The second-order valence-electron chi connectivity index (χ2n) is 1.57. The molecule has 0 saturated heterocycles. The molecule has 0 unspecified atom stereocenters. The largest absolute Gasteiger partial charge is 0.341 e. The summed E-state index contributed by atoms with van der Waals surface area (Å²) in [6, 6.07) is 0. The molecular weight excluding hydrogens is 180 g/mol. The highest BCUT2D eigenvalue weighted by Gasteiger charge is 2.09. The van der Waals surface area contributed by atoms with Crippen molar-refractivity contribution in [3.63, 3.8) is 0 Å². The van der Waals surface area contributed by atoms with Crippen LogP contribution in [0, 0.1) is 0 Å². The van der Waals surface area contributed by atoms with Crippen LogP contribution in [0.25, 0.3) is 0 Å². The van der Waals surface area contributed by atoms with E-state index in [0.29, 0.717) is 0 Å². The van der Waals surface area contributed by atoms with Crippen LogP contribution in [0.1, 0.15) is 5.76 Å². The fraction of sp³-hybridized carbons (Fsp3) is 0.333. The van der Waals surface area contributed by atoms with Gasteiger partial charge in [-0.25, -0.2) is 8.42 Å². The SMILES string of the molecule is O=S(=O)(Cl)Cc1cnno1. The molecule has 7 heteroatoms. The molecule has 56 valence electrons. The lowest BCUT2D eigenvalue weighted by Crippen LogP contribution is -1.92. The molecule has 0 N–H and O–H groups in total. The van der Waals surface area contributed by atoms with E-state index >= 15 is 0 Å². The van der Waals surface area contributed by atoms with Gasteiger partial charge in [0.15, 0.2) is 5.76 Å². The Balaban J connectivity index is 2.75. The molecule has 5 nitrogen and oxygen atoms in total. The Labute approximate surface area is 61.4 Å². The van der Waals surface area contributed by atoms with Gasteiger partial charge in [0.1, 0.15) is 5.75 Å². The number of hydrogen-bond acceptors (Lipinski definition) is 5. The zero-order chi connectivity index (χ0) is 7.61. The van der Waals surface area contributed by atoms with Gasteiger partial charge in [0, 0.05) is 16.0 Å². The van der Waals surface area contributed by atoms with Crippen molar-refractivity contribution in [1.82, 2.24) is 10.4 Å². The fourth-order valence-electron chi connectivity index (χ4n) is 0.421. The minimum Gasteiger partial charge on any atom is -0.341 e. The van der Waals surface area contributed by atoms with Crippen molar-refractivity contribution in [2.45, 2.75) is 5.75 Å². The van der Waals surface area contributed by atoms with E-state index in [1.807, 2.05) is 0 Å². The molecule has 0 saturated carbocycles. The number of aromatic nitrogens is 2. The van der Waals surface area contributed by atoms with Crippen molar-refractivity contribution >= 4 is 19.7 Å². The predicted octanol–water partition coefficient (Wildman–Crippen LogP) is 0.138. The molecule has 1 aromatic rings. The first kappa shape index (κ1) is 7.49. The number of rotatable bonds is 2. The Morgan fingerprint density at radius 3 is 2.80 bits per heavy atom. The quantitative estimate of drug-likeness (QED) is 0.609. The average molecular weight is 183 g/mol. The fourth-order valence-corrected chi connectivity index (χ4v) is 1.21. The second-order valence-corrected chi connectivity index (χ2v) is 4.34. The smallest absolute Gasteiger partial charge is 0.240 e. The van der Waals surface area contributed by atoms with Crippen molar-refractivity contribution in [3.8, 4) is 0 Å². The van der Waals surface area contributed by atoms with Crippen LogP contribution < -0.4 is 0 Å². The summed E-state index contributed by atoms with van der Waals surface area (Å²) >= 11 is 0. The van der Waals surface area contributed by atoms with Gasteiger partial charge in [-0.15, -0.1) is 5.10 Å². The Bertz CT molecular complexity index is 292. The Morgan fingerprint density at radius 1 is 1.70 bits per heavy atom. The monoisotopic (exact) mass is 182 g/mol. The molecule has 0 spiro atoms. The highest BCUT2D eigenvalue weighted by atomic mass is 35.7. The maximum atomic E-state index is 10.3. The molecule has 0 aliphatic rings. The Hall–Kier alpha value is -0.620. The van der Waals surface area contributed by atoms with Gasteiger partial charge < -0.3 is 4.52 Å². The third-order valence-corrected chi connectivity index (χ3v) is 1.68. The van der Waals surface area contributed by atoms with Crippen LogP contribution >= 0.6 is 10.7 Å². The van der Waals surface area contributed by atoms with E-state index in [4.69, 9.17) is 10.7 Å². The first-order chi connectivity index (χ1) is 4.58. The summed E-state index contributed by atoms with van der Waals surface area (Å²) in [5.74, 6) is -0.239. The maximum absolute atomic E-state index is 10.3. The topological polar surface area (TPSA) is 73.1 Å². The molecule has 1 aromatic heterocycles. The van der Waals surface area contributed by atoms with Crippen molar-refractivity contribution < 1.29 is 12.9 Å². The molecule has 0 fully saturated rings. The summed E-state index contributed by atoms with van der Waals surface area (Å²) in [6.07, 6.45) is 1.19. The van der Waals surface area contributed by atoms with Gasteiger partial charge in [-0.05, 0) is 0 Å². The summed E-state index contributed by atoms with van der Waals surface area (Å²) in [5.41, 5.74) is 0. The van der Waals surface area contributed by atoms with E-state index in [1.165, 1.54) is 6.20 Å². The van der Waals surface area contributed by atoms with E-state index in [0.717, 1.165) is 0 Å². The van der Waals surface area contributed by atoms with Gasteiger partial charge in [-0.3, -0.25) is 0 Å². The lowest BCUT2D eigenvalue weighted by molar-refractivity contribution is 0.370. The van der Waals surface area contributed by atoms with Crippen LogP contribution in [0.15, 0.2) is 10.7 Å². The highest BCUT2D eigenvalue weighted by molar-refractivity contribution is 8.13. The molecule has 0 radical (unpaired) electrons. The van der Waals surface area contributed by atoms with Gasteiger partial charge >= 0.3 is 0 Å². The van der Waals surface area contributed by atoms with Crippen LogP contribution in [0.2, 0.25) is 0 Å². The second kappa shape index (κ2) is 2.55. The van der Waals surface area contributed by atoms with E-state index in [2.05, 4.69) is 14.9 Å². The maximum Gasteiger partial charge on any atom is 0.240 e. The summed E-state index contributed by atoms with van der Waals surface area (Å²) in [4.78, 5) is 0. The molecule has 0 amide bonds. The zero-order valence-corrected chi connectivity index (χ0v) is 6.26. The van der Waals surface area contributed by atoms with Crippen LogP contribution in [0.4, 0.5) is 0 Å². The highest BCUT2D eigenvalue weighted by Crippen LogP contribution is 2.06. The van der Waals surface area contributed by atoms with Crippen LogP contribution in [-0.2, 0) is 14.8 Å². The molecule has 0 aliphatic carbocycles. The molecule has 0 aromatic carbocycles. The molecule has 0 atom stereocenters. The van der Waals surface area contributed by atoms with Gasteiger partial charge in [0.25, 0.3) is 0 Å². The molecular formula is C3H3ClN2O3S. The van der Waals surface area contributed by atoms with E-state index in [1.54, 1.807) is 0 Å². The van der Waals surface area contributed by atoms with Crippen molar-refractivity contribution in [2.24, 2.45) is 0 Å². The lowest BCUT2D eigenvalue weighted by atomic mass is 10.6. The molecule has 1 heterocycles. The molecule has 10 heavy (non-hydrogen) atoms. The van der Waals surface area contributed by atoms with Crippen LogP contribution in [-0.4, -0.2) is 18.8 Å². The van der Waals surface area contributed by atoms with Crippen molar-refractivity contribution in [1.29, 1.82) is 0 Å². The number of nitrogens with zero attached hydrogens (tertiary/aromatic N) is 2. The average Bonchev–Trinajstić information content (AvgIpc) is 2.12. The van der Waals surface area contributed by atoms with Gasteiger partial charge in [-0.1, -0.05) is 0 Å². The zero-order valence-electron chi connectivity index (χ0n) is 4.69. The molecule has 1 rings (SSSR count). The number of halogens is 1. The first-order valence-electron chi connectivity index (χ1n) is 2.26. The molecule has 0 aliphatic heterocycles. The summed E-state index contributed by atoms with van der Waals surface area (Å²) in [7, 11) is 1.33. The first-order valence-corrected chi connectivity index (χ1v) is 4.74. The van der Waals surface area contributed by atoms with Crippen molar-refractivity contribution in [3.05, 3.63) is 12.0 Å². The Kier molecular flexibility index (Phi) is 1.91. The number of hydrogen-bond donors (Lipinski definition) is 0.